The number of aliphatic hydroxyl groups excluding tert-OH is 1. The normalized spacial score (nSPS) is 21.2. The Labute approximate surface area is 150 Å². The van der Waals surface area contributed by atoms with E-state index in [4.69, 9.17) is 0 Å². The highest BCUT2D eigenvalue weighted by atomic mass is 16.3. The van der Waals surface area contributed by atoms with E-state index in [0.29, 0.717) is 13.1 Å². The fourth-order valence-electron chi connectivity index (χ4n) is 3.62. The van der Waals surface area contributed by atoms with Crippen LogP contribution < -0.4 is 0 Å². The second-order valence-electron chi connectivity index (χ2n) is 6.93. The average molecular weight is 336 g/mol. The molecule has 1 saturated heterocycles. The van der Waals surface area contributed by atoms with Crippen molar-refractivity contribution in [2.24, 2.45) is 5.92 Å². The van der Waals surface area contributed by atoms with Crippen LogP contribution in [-0.2, 0) is 0 Å². The minimum absolute atomic E-state index is 0.113. The Kier molecular flexibility index (Phi) is 5.67. The number of Topliss-reactive ketones (excluding diaryl/α,β-unsaturated/α-hetero) is 1. The molecule has 3 nitrogen and oxygen atoms in total. The first-order valence-electron chi connectivity index (χ1n) is 8.93. The van der Waals surface area contributed by atoms with Gasteiger partial charge in [-0.25, -0.2) is 0 Å². The number of nitrogens with zero attached hydrogens (tertiary/aromatic N) is 1. The van der Waals surface area contributed by atoms with Gasteiger partial charge in [0.2, 0.25) is 0 Å². The van der Waals surface area contributed by atoms with Gasteiger partial charge in [0.05, 0.1) is 6.61 Å². The van der Waals surface area contributed by atoms with E-state index in [1.807, 2.05) is 30.3 Å². The van der Waals surface area contributed by atoms with Gasteiger partial charge in [0, 0.05) is 31.1 Å². The molecule has 0 aliphatic carbocycles. The summed E-state index contributed by atoms with van der Waals surface area (Å²) in [7, 11) is 0. The van der Waals surface area contributed by atoms with Crippen molar-refractivity contribution in [3.05, 3.63) is 77.2 Å². The molecule has 0 amide bonds. The molecule has 2 atom stereocenters. The monoisotopic (exact) mass is 336 g/mol. The molecule has 0 saturated carbocycles. The third-order valence-electron chi connectivity index (χ3n) is 5.23. The zero-order valence-corrected chi connectivity index (χ0v) is 15.0. The van der Waals surface area contributed by atoms with E-state index >= 15 is 0 Å². The SMILES string of the molecule is Cc1ccc([C@H]2[CH]CN(CCO)C[C@@H]2C(=O)c2ccccc2)cc1C. The zero-order valence-electron chi connectivity index (χ0n) is 15.0. The summed E-state index contributed by atoms with van der Waals surface area (Å²) in [6.07, 6.45) is 2.23. The average Bonchev–Trinajstić information content (AvgIpc) is 2.64. The maximum Gasteiger partial charge on any atom is 0.167 e. The summed E-state index contributed by atoms with van der Waals surface area (Å²) in [5, 5.41) is 9.27. The van der Waals surface area contributed by atoms with Crippen LogP contribution in [0.1, 0.15) is 33.0 Å². The number of aryl methyl sites for hydroxylation is 2. The van der Waals surface area contributed by atoms with E-state index in [0.717, 1.165) is 12.1 Å². The maximum absolute atomic E-state index is 13.2. The molecule has 0 aromatic heterocycles. The summed E-state index contributed by atoms with van der Waals surface area (Å²) in [5.74, 6) is 0.175. The lowest BCUT2D eigenvalue weighted by atomic mass is 9.76. The molecular weight excluding hydrogens is 310 g/mol. The van der Waals surface area contributed by atoms with Crippen LogP contribution in [0.5, 0.6) is 0 Å². The molecule has 1 aliphatic heterocycles. The predicted molar refractivity (Wildman–Crippen MR) is 101 cm³/mol. The zero-order chi connectivity index (χ0) is 17.8. The maximum atomic E-state index is 13.2. The molecule has 0 spiro atoms. The molecule has 1 N–H and O–H groups in total. The summed E-state index contributed by atoms with van der Waals surface area (Å²) in [6, 6.07) is 16.0. The number of likely N-dealkylation sites (tertiary alicyclic amines) is 1. The van der Waals surface area contributed by atoms with Gasteiger partial charge < -0.3 is 5.11 Å². The van der Waals surface area contributed by atoms with Gasteiger partial charge in [0.25, 0.3) is 0 Å². The minimum atomic E-state index is -0.121. The summed E-state index contributed by atoms with van der Waals surface area (Å²) in [5.41, 5.74) is 4.50. The highest BCUT2D eigenvalue weighted by Crippen LogP contribution is 2.35. The van der Waals surface area contributed by atoms with Crippen molar-refractivity contribution in [3.63, 3.8) is 0 Å². The van der Waals surface area contributed by atoms with Crippen molar-refractivity contribution in [1.82, 2.24) is 4.90 Å². The highest BCUT2D eigenvalue weighted by molar-refractivity contribution is 5.98. The number of carbonyl (C=O) groups excluding carboxylic acids is 1. The lowest BCUT2D eigenvalue weighted by Gasteiger charge is -2.38. The Morgan fingerprint density at radius 1 is 1.12 bits per heavy atom. The third kappa shape index (κ3) is 4.00. The Morgan fingerprint density at radius 3 is 2.56 bits per heavy atom. The summed E-state index contributed by atoms with van der Waals surface area (Å²) >= 11 is 0. The topological polar surface area (TPSA) is 40.5 Å². The smallest absolute Gasteiger partial charge is 0.167 e. The summed E-state index contributed by atoms with van der Waals surface area (Å²) < 4.78 is 0. The van der Waals surface area contributed by atoms with E-state index in [1.165, 1.54) is 16.7 Å². The van der Waals surface area contributed by atoms with Crippen molar-refractivity contribution in [2.45, 2.75) is 19.8 Å². The summed E-state index contributed by atoms with van der Waals surface area (Å²) in [6.45, 7) is 6.44. The van der Waals surface area contributed by atoms with Gasteiger partial charge in [0.15, 0.2) is 5.78 Å². The van der Waals surface area contributed by atoms with E-state index in [9.17, 15) is 9.90 Å². The molecule has 1 fully saturated rings. The number of rotatable bonds is 5. The van der Waals surface area contributed by atoms with Crippen molar-refractivity contribution in [1.29, 1.82) is 0 Å². The molecule has 0 unspecified atom stereocenters. The molecule has 1 radical (unpaired) electrons. The Balaban J connectivity index is 1.91. The Morgan fingerprint density at radius 2 is 1.88 bits per heavy atom. The van der Waals surface area contributed by atoms with Crippen LogP contribution in [0.4, 0.5) is 0 Å². The van der Waals surface area contributed by atoms with Crippen LogP contribution in [-0.4, -0.2) is 42.0 Å². The molecule has 2 aromatic rings. The van der Waals surface area contributed by atoms with E-state index < -0.39 is 0 Å². The van der Waals surface area contributed by atoms with Crippen molar-refractivity contribution >= 4 is 5.78 Å². The molecule has 25 heavy (non-hydrogen) atoms. The molecule has 3 rings (SSSR count). The first kappa shape index (κ1) is 17.8. The van der Waals surface area contributed by atoms with Crippen molar-refractivity contribution < 1.29 is 9.90 Å². The van der Waals surface area contributed by atoms with Crippen LogP contribution in [0.3, 0.4) is 0 Å². The first-order chi connectivity index (χ1) is 12.1. The lowest BCUT2D eigenvalue weighted by molar-refractivity contribution is 0.0808. The van der Waals surface area contributed by atoms with Gasteiger partial charge in [-0.1, -0.05) is 48.5 Å². The van der Waals surface area contributed by atoms with Gasteiger partial charge in [0.1, 0.15) is 0 Å². The van der Waals surface area contributed by atoms with Crippen molar-refractivity contribution in [2.75, 3.05) is 26.2 Å². The number of hydrogen-bond acceptors (Lipinski definition) is 3. The molecular formula is C22H26NO2. The first-order valence-corrected chi connectivity index (χ1v) is 8.93. The van der Waals surface area contributed by atoms with Gasteiger partial charge in [-0.05, 0) is 42.9 Å². The Hall–Kier alpha value is -1.97. The fourth-order valence-corrected chi connectivity index (χ4v) is 3.62. The van der Waals surface area contributed by atoms with Crippen LogP contribution in [0.15, 0.2) is 48.5 Å². The van der Waals surface area contributed by atoms with Crippen LogP contribution >= 0.6 is 0 Å². The van der Waals surface area contributed by atoms with E-state index in [2.05, 4.69) is 43.4 Å². The number of benzene rings is 2. The third-order valence-corrected chi connectivity index (χ3v) is 5.23. The number of β-amino-alcohol motifs (C(OH)–C–C–N with tert-alkyl or cyclic N) is 1. The number of ketones is 1. The number of aliphatic hydroxyl groups is 1. The van der Waals surface area contributed by atoms with Crippen molar-refractivity contribution in [3.8, 4) is 0 Å². The molecule has 1 heterocycles. The van der Waals surface area contributed by atoms with Gasteiger partial charge in [-0.3, -0.25) is 9.69 Å². The highest BCUT2D eigenvalue weighted by Gasteiger charge is 2.35. The number of hydrogen-bond donors (Lipinski definition) is 1. The van der Waals surface area contributed by atoms with Gasteiger partial charge in [-0.2, -0.15) is 0 Å². The minimum Gasteiger partial charge on any atom is -0.395 e. The van der Waals surface area contributed by atoms with E-state index in [-0.39, 0.29) is 24.2 Å². The van der Waals surface area contributed by atoms with Crippen LogP contribution in [0.25, 0.3) is 0 Å². The van der Waals surface area contributed by atoms with Gasteiger partial charge in [-0.15, -0.1) is 0 Å². The van der Waals surface area contributed by atoms with Crippen LogP contribution in [0, 0.1) is 26.2 Å². The Bertz CT molecular complexity index is 726. The lowest BCUT2D eigenvalue weighted by Crippen LogP contribution is -2.44. The number of carbonyl (C=O) groups is 1. The van der Waals surface area contributed by atoms with Crippen LogP contribution in [0.2, 0.25) is 0 Å². The number of piperidine rings is 1. The second kappa shape index (κ2) is 7.94. The second-order valence-corrected chi connectivity index (χ2v) is 6.93. The summed E-state index contributed by atoms with van der Waals surface area (Å²) in [4.78, 5) is 15.3. The molecule has 2 aromatic carbocycles. The molecule has 1 aliphatic rings. The quantitative estimate of drug-likeness (QED) is 0.851. The largest absolute Gasteiger partial charge is 0.395 e. The molecule has 0 bridgehead atoms. The fraction of sp³-hybridized carbons (Fsp3) is 0.364. The standard InChI is InChI=1S/C22H26NO2/c1-16-8-9-19(14-17(16)2)20-10-11-23(12-13-24)15-21(20)22(25)18-6-4-3-5-7-18/h3-10,14,20-21,24H,11-13,15H2,1-2H3/t20-,21+/m1/s1. The van der Waals surface area contributed by atoms with E-state index in [1.54, 1.807) is 0 Å². The predicted octanol–water partition coefficient (Wildman–Crippen LogP) is 3.40. The molecule has 3 heteroatoms. The molecule has 131 valence electrons. The van der Waals surface area contributed by atoms with Gasteiger partial charge >= 0.3 is 0 Å².